The van der Waals surface area contributed by atoms with Crippen molar-refractivity contribution in [2.45, 2.75) is 6.92 Å². The third-order valence-electron chi connectivity index (χ3n) is 4.51. The molecule has 0 spiro atoms. The van der Waals surface area contributed by atoms with Crippen LogP contribution in [0.3, 0.4) is 0 Å². The maximum Gasteiger partial charge on any atom is 0.272 e. The second-order valence-corrected chi connectivity index (χ2v) is 6.09. The van der Waals surface area contributed by atoms with E-state index in [4.69, 9.17) is 0 Å². The molecule has 0 bridgehead atoms. The first-order chi connectivity index (χ1) is 12.1. The number of aromatic nitrogens is 1. The minimum Gasteiger partial charge on any atom is -0.343 e. The lowest BCUT2D eigenvalue weighted by Crippen LogP contribution is -2.50. The summed E-state index contributed by atoms with van der Waals surface area (Å²) in [5.41, 5.74) is 2.41. The molecule has 1 aliphatic rings. The molecule has 130 valence electrons. The lowest BCUT2D eigenvalue weighted by molar-refractivity contribution is -0.130. The van der Waals surface area contributed by atoms with Crippen molar-refractivity contribution < 1.29 is 9.59 Å². The lowest BCUT2D eigenvalue weighted by Gasteiger charge is -2.34. The Bertz CT molecular complexity index is 738. The van der Waals surface area contributed by atoms with Gasteiger partial charge in [0.25, 0.3) is 5.91 Å². The number of para-hydroxylation sites is 1. The fraction of sp³-hybridized carbons (Fsp3) is 0.316. The molecule has 0 atom stereocenters. The van der Waals surface area contributed by atoms with E-state index in [0.29, 0.717) is 31.9 Å². The predicted molar refractivity (Wildman–Crippen MR) is 96.9 cm³/mol. The van der Waals surface area contributed by atoms with Crippen LogP contribution in [0.25, 0.3) is 0 Å². The van der Waals surface area contributed by atoms with Gasteiger partial charge in [0.1, 0.15) is 5.69 Å². The van der Waals surface area contributed by atoms with Gasteiger partial charge in [-0.1, -0.05) is 18.2 Å². The minimum atomic E-state index is -0.0860. The van der Waals surface area contributed by atoms with E-state index in [0.717, 1.165) is 11.4 Å². The monoisotopic (exact) mass is 338 g/mol. The van der Waals surface area contributed by atoms with Gasteiger partial charge in [-0.25, -0.2) is 4.98 Å². The van der Waals surface area contributed by atoms with Crippen molar-refractivity contribution in [3.8, 4) is 0 Å². The Labute approximate surface area is 147 Å². The molecular formula is C19H22N4O2. The van der Waals surface area contributed by atoms with E-state index in [9.17, 15) is 9.59 Å². The van der Waals surface area contributed by atoms with Crippen LogP contribution in [0.15, 0.2) is 48.7 Å². The van der Waals surface area contributed by atoms with E-state index in [1.807, 2.05) is 48.3 Å². The Morgan fingerprint density at radius 2 is 1.56 bits per heavy atom. The number of anilines is 2. The predicted octanol–water partition coefficient (Wildman–Crippen LogP) is 2.15. The molecule has 2 heterocycles. The zero-order valence-corrected chi connectivity index (χ0v) is 14.6. The lowest BCUT2D eigenvalue weighted by atomic mass is 10.2. The van der Waals surface area contributed by atoms with Gasteiger partial charge in [-0.15, -0.1) is 0 Å². The van der Waals surface area contributed by atoms with Gasteiger partial charge < -0.3 is 14.7 Å². The SMILES string of the molecule is CC(=O)N1CCN(C(=O)c2ccc(N(C)c3ccccc3)cn2)CC1. The normalized spacial score (nSPS) is 14.3. The molecule has 3 rings (SSSR count). The van der Waals surface area contributed by atoms with Crippen LogP contribution in [0.5, 0.6) is 0 Å². The smallest absolute Gasteiger partial charge is 0.272 e. The van der Waals surface area contributed by atoms with E-state index < -0.39 is 0 Å². The zero-order chi connectivity index (χ0) is 17.8. The van der Waals surface area contributed by atoms with Crippen LogP contribution in [0.2, 0.25) is 0 Å². The van der Waals surface area contributed by atoms with Gasteiger partial charge in [-0.2, -0.15) is 0 Å². The maximum atomic E-state index is 12.6. The highest BCUT2D eigenvalue weighted by molar-refractivity contribution is 5.92. The van der Waals surface area contributed by atoms with E-state index >= 15 is 0 Å². The molecule has 0 saturated carbocycles. The van der Waals surface area contributed by atoms with Crippen LogP contribution < -0.4 is 4.90 Å². The first kappa shape index (κ1) is 17.0. The maximum absolute atomic E-state index is 12.6. The van der Waals surface area contributed by atoms with Crippen LogP contribution in [0.4, 0.5) is 11.4 Å². The first-order valence-electron chi connectivity index (χ1n) is 8.36. The molecular weight excluding hydrogens is 316 g/mol. The summed E-state index contributed by atoms with van der Waals surface area (Å²) in [7, 11) is 1.97. The second-order valence-electron chi connectivity index (χ2n) is 6.09. The van der Waals surface area contributed by atoms with Gasteiger partial charge >= 0.3 is 0 Å². The van der Waals surface area contributed by atoms with Crippen molar-refractivity contribution in [1.82, 2.24) is 14.8 Å². The van der Waals surface area contributed by atoms with E-state index in [1.54, 1.807) is 29.0 Å². The Kier molecular flexibility index (Phi) is 4.97. The van der Waals surface area contributed by atoms with Crippen LogP contribution >= 0.6 is 0 Å². The van der Waals surface area contributed by atoms with Gasteiger partial charge in [0.2, 0.25) is 5.91 Å². The average molecular weight is 338 g/mol. The van der Waals surface area contributed by atoms with Crippen LogP contribution in [0.1, 0.15) is 17.4 Å². The summed E-state index contributed by atoms with van der Waals surface area (Å²) in [6.07, 6.45) is 1.71. The summed E-state index contributed by atoms with van der Waals surface area (Å²) in [6.45, 7) is 3.81. The molecule has 1 aliphatic heterocycles. The fourth-order valence-electron chi connectivity index (χ4n) is 2.90. The molecule has 25 heavy (non-hydrogen) atoms. The number of nitrogens with zero attached hydrogens (tertiary/aromatic N) is 4. The minimum absolute atomic E-state index is 0.0542. The number of hydrogen-bond donors (Lipinski definition) is 0. The quantitative estimate of drug-likeness (QED) is 0.860. The average Bonchev–Trinajstić information content (AvgIpc) is 2.67. The molecule has 0 radical (unpaired) electrons. The van der Waals surface area contributed by atoms with Gasteiger partial charge in [-0.3, -0.25) is 9.59 Å². The molecule has 0 unspecified atom stereocenters. The summed E-state index contributed by atoms with van der Waals surface area (Å²) < 4.78 is 0. The summed E-state index contributed by atoms with van der Waals surface area (Å²) in [5, 5.41) is 0. The molecule has 0 aliphatic carbocycles. The van der Waals surface area contributed by atoms with Crippen molar-refractivity contribution in [2.24, 2.45) is 0 Å². The van der Waals surface area contributed by atoms with Crippen molar-refractivity contribution in [2.75, 3.05) is 38.1 Å². The molecule has 0 N–H and O–H groups in total. The molecule has 2 aromatic rings. The molecule has 6 heteroatoms. The Morgan fingerprint density at radius 1 is 0.920 bits per heavy atom. The number of piperazine rings is 1. The van der Waals surface area contributed by atoms with Crippen LogP contribution in [-0.4, -0.2) is 59.8 Å². The third-order valence-corrected chi connectivity index (χ3v) is 4.51. The van der Waals surface area contributed by atoms with Crippen molar-refractivity contribution in [3.05, 3.63) is 54.4 Å². The molecule has 1 aromatic heterocycles. The summed E-state index contributed by atoms with van der Waals surface area (Å²) in [6, 6.07) is 13.6. The number of carbonyl (C=O) groups is 2. The highest BCUT2D eigenvalue weighted by atomic mass is 16.2. The molecule has 1 saturated heterocycles. The van der Waals surface area contributed by atoms with Crippen molar-refractivity contribution in [3.63, 3.8) is 0 Å². The Hall–Kier alpha value is -2.89. The topological polar surface area (TPSA) is 56.8 Å². The summed E-state index contributed by atoms with van der Waals surface area (Å²) in [4.78, 5) is 33.8. The highest BCUT2D eigenvalue weighted by Gasteiger charge is 2.24. The number of amides is 2. The molecule has 2 amide bonds. The Morgan fingerprint density at radius 3 is 2.12 bits per heavy atom. The van der Waals surface area contributed by atoms with Gasteiger partial charge in [0.15, 0.2) is 0 Å². The second kappa shape index (κ2) is 7.34. The highest BCUT2D eigenvalue weighted by Crippen LogP contribution is 2.22. The largest absolute Gasteiger partial charge is 0.343 e. The molecule has 1 aromatic carbocycles. The first-order valence-corrected chi connectivity index (χ1v) is 8.36. The van der Waals surface area contributed by atoms with Crippen molar-refractivity contribution in [1.29, 1.82) is 0 Å². The molecule has 6 nitrogen and oxygen atoms in total. The van der Waals surface area contributed by atoms with Gasteiger partial charge in [-0.05, 0) is 24.3 Å². The van der Waals surface area contributed by atoms with E-state index in [2.05, 4.69) is 4.98 Å². The number of rotatable bonds is 3. The zero-order valence-electron chi connectivity index (χ0n) is 14.6. The summed E-state index contributed by atoms with van der Waals surface area (Å²) >= 11 is 0. The van der Waals surface area contributed by atoms with Gasteiger partial charge in [0.05, 0.1) is 11.9 Å². The standard InChI is InChI=1S/C19H22N4O2/c1-15(24)22-10-12-23(13-11-22)19(25)18-9-8-17(14-20-18)21(2)16-6-4-3-5-7-16/h3-9,14H,10-13H2,1-2H3. The molecule has 1 fully saturated rings. The van der Waals surface area contributed by atoms with Crippen LogP contribution in [-0.2, 0) is 4.79 Å². The fourth-order valence-corrected chi connectivity index (χ4v) is 2.90. The van der Waals surface area contributed by atoms with Crippen LogP contribution in [0, 0.1) is 0 Å². The number of carbonyl (C=O) groups excluding carboxylic acids is 2. The van der Waals surface area contributed by atoms with E-state index in [1.165, 1.54) is 0 Å². The van der Waals surface area contributed by atoms with E-state index in [-0.39, 0.29) is 11.8 Å². The Balaban J connectivity index is 1.66. The summed E-state index contributed by atoms with van der Waals surface area (Å²) in [5.74, 6) is -0.0318. The number of benzene rings is 1. The number of pyridine rings is 1. The van der Waals surface area contributed by atoms with Crippen molar-refractivity contribution >= 4 is 23.2 Å². The number of hydrogen-bond acceptors (Lipinski definition) is 4. The third kappa shape index (κ3) is 3.79. The van der Waals surface area contributed by atoms with Gasteiger partial charge in [0, 0.05) is 45.8 Å².